The van der Waals surface area contributed by atoms with Gasteiger partial charge in [0.2, 0.25) is 4.80 Å². The number of primary amides is 1. The van der Waals surface area contributed by atoms with Crippen LogP contribution in [0.25, 0.3) is 11.3 Å². The van der Waals surface area contributed by atoms with Crippen LogP contribution in [0.4, 0.5) is 5.69 Å². The fraction of sp³-hybridized carbons (Fsp3) is 0.292. The molecule has 0 atom stereocenters. The van der Waals surface area contributed by atoms with Crippen LogP contribution < -0.4 is 15.4 Å². The number of rotatable bonds is 8. The Balaban J connectivity index is 1.66. The Kier molecular flexibility index (Phi) is 7.73. The van der Waals surface area contributed by atoms with E-state index in [-0.39, 0.29) is 11.3 Å². The van der Waals surface area contributed by atoms with Crippen molar-refractivity contribution in [2.24, 2.45) is 15.8 Å². The molecule has 0 bridgehead atoms. The zero-order valence-electron chi connectivity index (χ0n) is 18.9. The second-order valence-corrected chi connectivity index (χ2v) is 8.46. The summed E-state index contributed by atoms with van der Waals surface area (Å²) < 4.78 is 12.3. The van der Waals surface area contributed by atoms with E-state index >= 15 is 0 Å². The van der Waals surface area contributed by atoms with E-state index in [0.29, 0.717) is 23.5 Å². The predicted molar refractivity (Wildman–Crippen MR) is 133 cm³/mol. The Morgan fingerprint density at radius 1 is 1.24 bits per heavy atom. The number of nitrogens with zero attached hydrogens (tertiary/aromatic N) is 4. The Morgan fingerprint density at radius 3 is 2.71 bits per heavy atom. The van der Waals surface area contributed by atoms with Crippen molar-refractivity contribution in [2.45, 2.75) is 0 Å². The highest BCUT2D eigenvalue weighted by atomic mass is 32.1. The Morgan fingerprint density at radius 2 is 2.00 bits per heavy atom. The highest BCUT2D eigenvalue weighted by Crippen LogP contribution is 2.26. The van der Waals surface area contributed by atoms with Crippen molar-refractivity contribution in [3.05, 3.63) is 63.8 Å². The molecular formula is C24H27N5O4S. The lowest BCUT2D eigenvalue weighted by Gasteiger charge is -2.28. The van der Waals surface area contributed by atoms with Gasteiger partial charge in [-0.25, -0.2) is 4.68 Å². The molecule has 2 heterocycles. The van der Waals surface area contributed by atoms with Gasteiger partial charge in [0.05, 0.1) is 43.8 Å². The molecule has 0 radical (unpaired) electrons. The average Bonchev–Trinajstić information content (AvgIpc) is 3.26. The summed E-state index contributed by atoms with van der Waals surface area (Å²) in [5.41, 5.74) is 8.97. The maximum atomic E-state index is 11.7. The monoisotopic (exact) mass is 481 g/mol. The summed E-state index contributed by atoms with van der Waals surface area (Å²) in [6.07, 6.45) is 1.77. The van der Waals surface area contributed by atoms with Crippen LogP contribution in [-0.4, -0.2) is 68.5 Å². The lowest BCUT2D eigenvalue weighted by Crippen LogP contribution is -2.36. The molecule has 4 rings (SSSR count). The molecule has 1 amide bonds. The fourth-order valence-corrected chi connectivity index (χ4v) is 4.42. The van der Waals surface area contributed by atoms with E-state index in [2.05, 4.69) is 27.1 Å². The lowest BCUT2D eigenvalue weighted by molar-refractivity contribution is 0.0997. The Labute approximate surface area is 201 Å². The number of ether oxygens (including phenoxy) is 2. The number of methoxy groups -OCH3 is 1. The number of aromatic hydroxyl groups is 1. The number of nitrogens with two attached hydrogens (primary N) is 1. The largest absolute Gasteiger partial charge is 0.507 e. The molecule has 3 N–H and O–H groups in total. The van der Waals surface area contributed by atoms with Gasteiger partial charge in [0.25, 0.3) is 5.91 Å². The van der Waals surface area contributed by atoms with Gasteiger partial charge in [-0.1, -0.05) is 12.1 Å². The minimum Gasteiger partial charge on any atom is -0.507 e. The molecule has 3 aromatic rings. The third kappa shape index (κ3) is 5.53. The van der Waals surface area contributed by atoms with E-state index in [1.807, 2.05) is 17.5 Å². The third-order valence-electron chi connectivity index (χ3n) is 5.38. The molecule has 1 fully saturated rings. The fourth-order valence-electron chi connectivity index (χ4n) is 3.56. The first-order valence-electron chi connectivity index (χ1n) is 10.9. The van der Waals surface area contributed by atoms with Gasteiger partial charge < -0.3 is 25.2 Å². The van der Waals surface area contributed by atoms with Crippen molar-refractivity contribution in [1.29, 1.82) is 0 Å². The van der Waals surface area contributed by atoms with E-state index in [1.165, 1.54) is 17.4 Å². The molecule has 1 aliphatic rings. The van der Waals surface area contributed by atoms with E-state index in [4.69, 9.17) is 15.2 Å². The van der Waals surface area contributed by atoms with E-state index in [9.17, 15) is 9.90 Å². The summed E-state index contributed by atoms with van der Waals surface area (Å²) in [6.45, 7) is 4.23. The van der Waals surface area contributed by atoms with E-state index in [0.717, 1.165) is 43.2 Å². The molecule has 34 heavy (non-hydrogen) atoms. The molecule has 2 aromatic carbocycles. The molecular weight excluding hydrogens is 454 g/mol. The van der Waals surface area contributed by atoms with Crippen LogP contribution in [0.1, 0.15) is 15.9 Å². The van der Waals surface area contributed by atoms with Crippen molar-refractivity contribution < 1.29 is 19.4 Å². The van der Waals surface area contributed by atoms with E-state index < -0.39 is 5.91 Å². The first-order valence-corrected chi connectivity index (χ1v) is 11.7. The molecule has 1 saturated heterocycles. The van der Waals surface area contributed by atoms with Crippen molar-refractivity contribution in [3.8, 4) is 17.0 Å². The van der Waals surface area contributed by atoms with Crippen LogP contribution in [0.15, 0.2) is 57.9 Å². The van der Waals surface area contributed by atoms with Crippen molar-refractivity contribution >= 4 is 29.1 Å². The second kappa shape index (κ2) is 11.1. The molecule has 10 heteroatoms. The topological polar surface area (TPSA) is 115 Å². The SMILES string of the molecule is COCCN=c1scc(-c2ccc(O)c(C(N)=O)c2)n1/N=C/c1ccc(N2CCOCC2)cc1. The standard InChI is InChI=1S/C24H27N5O4S/c1-32-11-8-26-24-29(21(16-34-24)18-4-7-22(30)20(14-18)23(25)31)27-15-17-2-5-19(6-3-17)28-9-12-33-13-10-28/h2-7,14-16,30H,8-13H2,1H3,(H2,25,31)/b26-24?,27-15+. The van der Waals surface area contributed by atoms with Gasteiger partial charge in [-0.05, 0) is 35.9 Å². The number of anilines is 1. The molecule has 0 saturated carbocycles. The Hall–Kier alpha value is -3.47. The smallest absolute Gasteiger partial charge is 0.252 e. The minimum absolute atomic E-state index is 0.0517. The molecule has 1 aliphatic heterocycles. The summed E-state index contributed by atoms with van der Waals surface area (Å²) in [5.74, 6) is -0.859. The van der Waals surface area contributed by atoms with Gasteiger partial charge in [0.1, 0.15) is 5.75 Å². The normalized spacial score (nSPS) is 14.7. The van der Waals surface area contributed by atoms with Crippen LogP contribution in [0.3, 0.4) is 0 Å². The number of morpholine rings is 1. The minimum atomic E-state index is -0.699. The molecule has 9 nitrogen and oxygen atoms in total. The number of carbonyl (C=O) groups excluding carboxylic acids is 1. The Bertz CT molecular complexity index is 1230. The van der Waals surface area contributed by atoms with Crippen molar-refractivity contribution in [3.63, 3.8) is 0 Å². The van der Waals surface area contributed by atoms with Gasteiger partial charge in [-0.3, -0.25) is 9.79 Å². The number of amides is 1. The van der Waals surface area contributed by atoms with Crippen LogP contribution in [0.5, 0.6) is 5.75 Å². The summed E-state index contributed by atoms with van der Waals surface area (Å²) >= 11 is 1.43. The number of benzene rings is 2. The van der Waals surface area contributed by atoms with Gasteiger partial charge in [0.15, 0.2) is 0 Å². The van der Waals surface area contributed by atoms with Gasteiger partial charge in [-0.15, -0.1) is 11.3 Å². The average molecular weight is 482 g/mol. The van der Waals surface area contributed by atoms with Gasteiger partial charge >= 0.3 is 0 Å². The molecule has 1 aromatic heterocycles. The maximum absolute atomic E-state index is 11.7. The molecule has 178 valence electrons. The second-order valence-electron chi connectivity index (χ2n) is 7.62. The van der Waals surface area contributed by atoms with Crippen LogP contribution in [0.2, 0.25) is 0 Å². The summed E-state index contributed by atoms with van der Waals surface area (Å²) in [7, 11) is 1.63. The molecule has 0 unspecified atom stereocenters. The highest BCUT2D eigenvalue weighted by molar-refractivity contribution is 7.07. The summed E-state index contributed by atoms with van der Waals surface area (Å²) in [4.78, 5) is 19.3. The van der Waals surface area contributed by atoms with Crippen molar-refractivity contribution in [1.82, 2.24) is 4.68 Å². The quantitative estimate of drug-likeness (QED) is 0.378. The molecule has 0 spiro atoms. The molecule has 0 aliphatic carbocycles. The number of carbonyl (C=O) groups is 1. The van der Waals surface area contributed by atoms with E-state index in [1.54, 1.807) is 30.1 Å². The summed E-state index contributed by atoms with van der Waals surface area (Å²) in [5, 5.41) is 16.6. The summed E-state index contributed by atoms with van der Waals surface area (Å²) in [6, 6.07) is 12.9. The number of hydrogen-bond donors (Lipinski definition) is 2. The number of thiazole rings is 1. The zero-order chi connectivity index (χ0) is 23.9. The van der Waals surface area contributed by atoms with Crippen LogP contribution in [0, 0.1) is 0 Å². The number of phenols is 1. The van der Waals surface area contributed by atoms with Crippen molar-refractivity contribution in [2.75, 3.05) is 51.5 Å². The van der Waals surface area contributed by atoms with Gasteiger partial charge in [-0.2, -0.15) is 5.10 Å². The zero-order valence-corrected chi connectivity index (χ0v) is 19.7. The first kappa shape index (κ1) is 23.7. The number of hydrogen-bond acceptors (Lipinski definition) is 8. The first-order chi connectivity index (χ1) is 16.6. The third-order valence-corrected chi connectivity index (χ3v) is 6.23. The van der Waals surface area contributed by atoms with Gasteiger partial charge in [0, 0.05) is 36.8 Å². The van der Waals surface area contributed by atoms with Crippen LogP contribution >= 0.6 is 11.3 Å². The number of aromatic nitrogens is 1. The van der Waals surface area contributed by atoms with Crippen LogP contribution in [-0.2, 0) is 9.47 Å². The lowest BCUT2D eigenvalue weighted by atomic mass is 10.1. The maximum Gasteiger partial charge on any atom is 0.252 e. The predicted octanol–water partition coefficient (Wildman–Crippen LogP) is 2.29. The highest BCUT2D eigenvalue weighted by Gasteiger charge is 2.14.